The van der Waals surface area contributed by atoms with E-state index in [0.717, 1.165) is 0 Å². The number of benzene rings is 12. The fourth-order valence-corrected chi connectivity index (χ4v) is 15.7. The van der Waals surface area contributed by atoms with E-state index in [1.165, 1.54) is 148 Å². The number of nitrogens with zero attached hydrogens (tertiary/aromatic N) is 1. The molecule has 380 valence electrons. The zero-order chi connectivity index (χ0) is 53.7. The Bertz CT molecular complexity index is 4650. The van der Waals surface area contributed by atoms with Crippen LogP contribution in [0.15, 0.2) is 273 Å². The molecule has 0 saturated carbocycles. The lowest BCUT2D eigenvalue weighted by Crippen LogP contribution is -2.25. The van der Waals surface area contributed by atoms with E-state index in [-0.39, 0.29) is 10.8 Å². The van der Waals surface area contributed by atoms with E-state index in [1.807, 2.05) is 39.0 Å². The van der Waals surface area contributed by atoms with Crippen molar-refractivity contribution < 1.29 is 0 Å². The number of thiophene rings is 1. The summed E-state index contributed by atoms with van der Waals surface area (Å²) in [6.45, 7) is 8.00. The van der Waals surface area contributed by atoms with Gasteiger partial charge in [0.05, 0.1) is 21.9 Å². The van der Waals surface area contributed by atoms with Crippen molar-refractivity contribution in [1.29, 1.82) is 0 Å². The minimum atomic E-state index is -0.293. The van der Waals surface area contributed by atoms with E-state index in [1.54, 1.807) is 0 Å². The molecule has 2 heteroatoms. The Hall–Kier alpha value is -9.34. The zero-order valence-electron chi connectivity index (χ0n) is 45.3. The second-order valence-corrected chi connectivity index (χ2v) is 22.0. The summed E-state index contributed by atoms with van der Waals surface area (Å²) in [4.78, 5) is 0. The molecule has 0 atom stereocenters. The van der Waals surface area contributed by atoms with Crippen LogP contribution in [0.4, 0.5) is 0 Å². The van der Waals surface area contributed by atoms with E-state index in [2.05, 4.69) is 278 Å². The molecule has 2 heterocycles. The van der Waals surface area contributed by atoms with Gasteiger partial charge >= 0.3 is 0 Å². The van der Waals surface area contributed by atoms with Crippen molar-refractivity contribution in [3.8, 4) is 61.3 Å². The average Bonchev–Trinajstić information content (AvgIpc) is 4.55. The summed E-state index contributed by atoms with van der Waals surface area (Å²) in [5, 5.41) is 5.27. The maximum absolute atomic E-state index is 2.43. The number of para-hydroxylation sites is 2. The van der Waals surface area contributed by atoms with Crippen LogP contribution >= 0.6 is 11.3 Å². The number of fused-ring (bicyclic) bond motifs is 26. The molecule has 1 nitrogen and oxygen atoms in total. The number of hydrogen-bond donors (Lipinski definition) is 0. The SMILES string of the molecule is CC.CC.c1ccc2c(c1)-c1ccccc1C21c2ccccc2-c2cc(-c3ccc4sc5ccccc5c4c3)ccc21.c1ccc2c(c1)-c1ccccc1C21c2ccccc2-c2cc(-n3c4ccccc4c4ccccc43)ccc21. The first-order valence-corrected chi connectivity index (χ1v) is 29.3. The summed E-state index contributed by atoms with van der Waals surface area (Å²) < 4.78 is 5.12. The molecule has 4 aliphatic carbocycles. The Morgan fingerprint density at radius 3 is 1.05 bits per heavy atom. The van der Waals surface area contributed by atoms with Crippen LogP contribution in [0.2, 0.25) is 0 Å². The fraction of sp³-hybridized carbons (Fsp3) is 0.0769. The highest BCUT2D eigenvalue weighted by Gasteiger charge is 2.53. The normalized spacial score (nSPS) is 13.4. The standard InChI is InChI=1S/C37H23N.C37H22S.2C2H6/c1-6-16-31-25(11-1)26-12-2-7-17-32(26)37(31)33-18-8-3-13-27(33)30-23-24(21-22-34(30)37)38-35-19-9-4-14-28(35)29-15-5-10-20-36(29)38;1-5-13-31-25(9-1)26-10-2-6-14-32(26)37(31)33-15-7-3-11-27(33)29-21-23(17-19-34(29)37)24-18-20-36-30(22-24)28-12-4-8-16-35(28)38-36;2*1-2/h1-23H;1-22H;2*1-2H3. The smallest absolute Gasteiger partial charge is 0.0725 e. The van der Waals surface area contributed by atoms with E-state index >= 15 is 0 Å². The molecule has 0 amide bonds. The van der Waals surface area contributed by atoms with Crippen molar-refractivity contribution in [1.82, 2.24) is 4.57 Å². The van der Waals surface area contributed by atoms with Crippen LogP contribution < -0.4 is 0 Å². The lowest BCUT2D eigenvalue weighted by atomic mass is 9.70. The van der Waals surface area contributed by atoms with Gasteiger partial charge in [0, 0.05) is 36.6 Å². The lowest BCUT2D eigenvalue weighted by Gasteiger charge is -2.30. The van der Waals surface area contributed by atoms with E-state index < -0.39 is 0 Å². The van der Waals surface area contributed by atoms with Crippen LogP contribution in [0.25, 0.3) is 103 Å². The Kier molecular flexibility index (Phi) is 11.2. The molecule has 2 aromatic heterocycles. The zero-order valence-corrected chi connectivity index (χ0v) is 46.2. The predicted molar refractivity (Wildman–Crippen MR) is 341 cm³/mol. The third kappa shape index (κ3) is 6.46. The Morgan fingerprint density at radius 1 is 0.250 bits per heavy atom. The quantitative estimate of drug-likeness (QED) is 0.163. The van der Waals surface area contributed by atoms with Gasteiger partial charge in [-0.05, 0) is 149 Å². The van der Waals surface area contributed by atoms with Crippen LogP contribution in [-0.2, 0) is 10.8 Å². The molecule has 0 saturated heterocycles. The second-order valence-electron chi connectivity index (χ2n) is 20.9. The third-order valence-electron chi connectivity index (χ3n) is 17.5. The summed E-state index contributed by atoms with van der Waals surface area (Å²) >= 11 is 1.88. The molecule has 0 fully saturated rings. The molecule has 14 aromatic rings. The van der Waals surface area contributed by atoms with Gasteiger partial charge in [0.25, 0.3) is 0 Å². The molecule has 0 N–H and O–H groups in total. The van der Waals surface area contributed by atoms with E-state index in [0.29, 0.717) is 0 Å². The van der Waals surface area contributed by atoms with Crippen LogP contribution in [0, 0.1) is 0 Å². The summed E-state index contributed by atoms with van der Waals surface area (Å²) in [5.74, 6) is 0. The molecule has 4 aliphatic rings. The molecule has 80 heavy (non-hydrogen) atoms. The van der Waals surface area contributed by atoms with Crippen molar-refractivity contribution in [3.63, 3.8) is 0 Å². The maximum Gasteiger partial charge on any atom is 0.0725 e. The predicted octanol–water partition coefficient (Wildman–Crippen LogP) is 21.2. The molecule has 2 spiro atoms. The number of rotatable bonds is 2. The van der Waals surface area contributed by atoms with Crippen LogP contribution in [-0.4, -0.2) is 4.57 Å². The number of hydrogen-bond acceptors (Lipinski definition) is 1. The molecular formula is C78H57NS. The Morgan fingerprint density at radius 2 is 0.575 bits per heavy atom. The highest BCUT2D eigenvalue weighted by molar-refractivity contribution is 7.25. The van der Waals surface area contributed by atoms with Gasteiger partial charge in [-0.15, -0.1) is 11.3 Å². The van der Waals surface area contributed by atoms with Gasteiger partial charge in [-0.1, -0.05) is 252 Å². The van der Waals surface area contributed by atoms with Crippen molar-refractivity contribution in [2.24, 2.45) is 0 Å². The molecule has 12 aromatic carbocycles. The highest BCUT2D eigenvalue weighted by Crippen LogP contribution is 2.64. The number of aromatic nitrogens is 1. The first-order valence-electron chi connectivity index (χ1n) is 28.5. The van der Waals surface area contributed by atoms with Gasteiger partial charge in [-0.2, -0.15) is 0 Å². The Labute approximate surface area is 472 Å². The van der Waals surface area contributed by atoms with Gasteiger partial charge in [-0.25, -0.2) is 0 Å². The van der Waals surface area contributed by atoms with Gasteiger partial charge in [0.2, 0.25) is 0 Å². The Balaban J connectivity index is 0.000000130. The summed E-state index contributed by atoms with van der Waals surface area (Å²) in [6, 6.07) is 102. The minimum Gasteiger partial charge on any atom is -0.309 e. The molecule has 0 bridgehead atoms. The highest BCUT2D eigenvalue weighted by atomic mass is 32.1. The third-order valence-corrected chi connectivity index (χ3v) is 18.7. The van der Waals surface area contributed by atoms with Crippen LogP contribution in [0.5, 0.6) is 0 Å². The minimum absolute atomic E-state index is 0.273. The fourth-order valence-electron chi connectivity index (χ4n) is 14.6. The van der Waals surface area contributed by atoms with Gasteiger partial charge < -0.3 is 4.57 Å². The molecule has 0 unspecified atom stereocenters. The lowest BCUT2D eigenvalue weighted by molar-refractivity contribution is 0.793. The summed E-state index contributed by atoms with van der Waals surface area (Å²) in [6.07, 6.45) is 0. The van der Waals surface area contributed by atoms with Crippen LogP contribution in [0.1, 0.15) is 72.2 Å². The second kappa shape index (κ2) is 18.7. The van der Waals surface area contributed by atoms with Crippen molar-refractivity contribution in [2.45, 2.75) is 38.5 Å². The molecule has 0 radical (unpaired) electrons. The largest absolute Gasteiger partial charge is 0.309 e. The molecule has 0 aliphatic heterocycles. The first kappa shape index (κ1) is 47.8. The average molecular weight is 1040 g/mol. The van der Waals surface area contributed by atoms with Gasteiger partial charge in [0.1, 0.15) is 0 Å². The first-order chi connectivity index (χ1) is 39.7. The molecular weight excluding hydrogens is 983 g/mol. The summed E-state index contributed by atoms with van der Waals surface area (Å²) in [7, 11) is 0. The van der Waals surface area contributed by atoms with Crippen molar-refractivity contribution in [2.75, 3.05) is 0 Å². The van der Waals surface area contributed by atoms with E-state index in [9.17, 15) is 0 Å². The molecule has 18 rings (SSSR count). The maximum atomic E-state index is 2.43. The van der Waals surface area contributed by atoms with Gasteiger partial charge in [0.15, 0.2) is 0 Å². The van der Waals surface area contributed by atoms with Crippen molar-refractivity contribution in [3.05, 3.63) is 317 Å². The van der Waals surface area contributed by atoms with Crippen LogP contribution in [0.3, 0.4) is 0 Å². The van der Waals surface area contributed by atoms with Gasteiger partial charge in [-0.3, -0.25) is 0 Å². The van der Waals surface area contributed by atoms with Crippen molar-refractivity contribution >= 4 is 53.3 Å². The monoisotopic (exact) mass is 1040 g/mol. The summed E-state index contributed by atoms with van der Waals surface area (Å²) in [5.41, 5.74) is 27.5. The van der Waals surface area contributed by atoms with E-state index in [4.69, 9.17) is 0 Å². The topological polar surface area (TPSA) is 4.93 Å².